The second-order valence-electron chi connectivity index (χ2n) is 6.72. The quantitative estimate of drug-likeness (QED) is 0.171. The summed E-state index contributed by atoms with van der Waals surface area (Å²) in [5.41, 5.74) is 6.16. The van der Waals surface area contributed by atoms with Gasteiger partial charge in [0.2, 0.25) is 0 Å². The highest BCUT2D eigenvalue weighted by atomic mass is 31.3. The van der Waals surface area contributed by atoms with Crippen LogP contribution in [0.25, 0.3) is 11.2 Å². The molecule has 3 heterocycles. The third kappa shape index (κ3) is 5.78. The average Bonchev–Trinajstić information content (AvgIpc) is 3.13. The molecule has 0 aliphatic carbocycles. The van der Waals surface area contributed by atoms with Crippen molar-refractivity contribution in [2.75, 3.05) is 18.2 Å². The number of aromatic nitrogens is 4. The molecule has 4 unspecified atom stereocenters. The molecule has 1 aliphatic heterocycles. The Bertz CT molecular complexity index is 1110. The van der Waals surface area contributed by atoms with Crippen LogP contribution in [0.15, 0.2) is 12.7 Å². The van der Waals surface area contributed by atoms with Gasteiger partial charge in [-0.25, -0.2) is 19.3 Å². The van der Waals surface area contributed by atoms with E-state index in [1.807, 2.05) is 0 Å². The Labute approximate surface area is 175 Å². The van der Waals surface area contributed by atoms with Crippen LogP contribution in [-0.4, -0.2) is 82.8 Å². The molecule has 2 aromatic heterocycles. The maximum Gasteiger partial charge on any atom is 0.346 e. The van der Waals surface area contributed by atoms with Gasteiger partial charge in [-0.05, 0) is 0 Å². The number of aliphatic hydroxyl groups is 2. The number of rotatable bonds is 8. The van der Waals surface area contributed by atoms with Crippen LogP contribution in [0, 0.1) is 0 Å². The molecule has 1 fully saturated rings. The Morgan fingerprint density at radius 2 is 1.84 bits per heavy atom. The number of anilines is 1. The lowest BCUT2D eigenvalue weighted by molar-refractivity contribution is -0.0478. The van der Waals surface area contributed by atoms with Gasteiger partial charge in [0.1, 0.15) is 30.2 Å². The van der Waals surface area contributed by atoms with Gasteiger partial charge in [-0.2, -0.15) is 0 Å². The molecular weight excluding hydrogens is 482 g/mol. The van der Waals surface area contributed by atoms with Gasteiger partial charge in [-0.3, -0.25) is 18.3 Å². The van der Waals surface area contributed by atoms with Crippen molar-refractivity contribution in [1.29, 1.82) is 0 Å². The summed E-state index contributed by atoms with van der Waals surface area (Å²) in [5.74, 6) is -1.46. The molecule has 0 radical (unpaired) electrons. The molecule has 0 aromatic carbocycles. The topological polar surface area (TPSA) is 250 Å². The third-order valence-corrected chi connectivity index (χ3v) is 9.84. The fourth-order valence-corrected chi connectivity index (χ4v) is 7.87. The Hall–Kier alpha value is -1.22. The van der Waals surface area contributed by atoms with Crippen molar-refractivity contribution in [3.8, 4) is 0 Å². The highest BCUT2D eigenvalue weighted by molar-refractivity contribution is 7.85. The Morgan fingerprint density at radius 1 is 1.16 bits per heavy atom. The first-order valence-electron chi connectivity index (χ1n) is 8.43. The lowest BCUT2D eigenvalue weighted by Crippen LogP contribution is -2.33. The lowest BCUT2D eigenvalue weighted by Gasteiger charge is -2.21. The molecule has 1 aliphatic rings. The summed E-state index contributed by atoms with van der Waals surface area (Å²) in [6.45, 7) is -0.651. The molecule has 7 N–H and O–H groups in total. The third-order valence-electron chi connectivity index (χ3n) is 4.11. The van der Waals surface area contributed by atoms with Crippen molar-refractivity contribution in [3.63, 3.8) is 0 Å². The summed E-state index contributed by atoms with van der Waals surface area (Å²) in [4.78, 5) is 38.9. The summed E-state index contributed by atoms with van der Waals surface area (Å²) in [6.07, 6.45) is -3.02. The summed E-state index contributed by atoms with van der Waals surface area (Å²) in [6, 6.07) is 0. The van der Waals surface area contributed by atoms with E-state index in [1.54, 1.807) is 0 Å². The fourth-order valence-electron chi connectivity index (χ4n) is 2.88. The van der Waals surface area contributed by atoms with Crippen LogP contribution in [0.2, 0.25) is 0 Å². The lowest BCUT2D eigenvalue weighted by atomic mass is 10.1. The number of nitrogens with zero attached hydrogens (tertiary/aromatic N) is 4. The van der Waals surface area contributed by atoms with Crippen molar-refractivity contribution in [2.24, 2.45) is 0 Å². The number of aliphatic hydroxyl groups excluding tert-OH is 2. The molecule has 0 saturated carbocycles. The molecule has 31 heavy (non-hydrogen) atoms. The van der Waals surface area contributed by atoms with Crippen LogP contribution in [0.1, 0.15) is 6.23 Å². The van der Waals surface area contributed by atoms with Crippen molar-refractivity contribution in [3.05, 3.63) is 12.7 Å². The minimum absolute atomic E-state index is 0.0875. The van der Waals surface area contributed by atoms with Crippen LogP contribution in [0.3, 0.4) is 0 Å². The normalized spacial score (nSPS) is 28.4. The summed E-state index contributed by atoms with van der Waals surface area (Å²) in [5, 5.41) is 20.6. The molecule has 6 atom stereocenters. The molecule has 1 saturated heterocycles. The molecule has 2 aromatic rings. The number of fused-ring (bicyclic) bond motifs is 1. The minimum Gasteiger partial charge on any atom is -0.387 e. The number of ether oxygens (including phenoxy) is 1. The Morgan fingerprint density at radius 3 is 2.48 bits per heavy atom. The highest BCUT2D eigenvalue weighted by Crippen LogP contribution is 2.64. The maximum atomic E-state index is 12.3. The average molecular weight is 501 g/mol. The zero-order valence-electron chi connectivity index (χ0n) is 15.8. The number of hydrogen-bond acceptors (Lipinski definition) is 12. The smallest absolute Gasteiger partial charge is 0.346 e. The minimum atomic E-state index is -4.95. The molecular formula is C11H19BN5O11P3. The van der Waals surface area contributed by atoms with E-state index in [0.29, 0.717) is 0 Å². The van der Waals surface area contributed by atoms with Crippen LogP contribution >= 0.6 is 22.7 Å². The van der Waals surface area contributed by atoms with Gasteiger partial charge in [0.15, 0.2) is 23.6 Å². The van der Waals surface area contributed by atoms with E-state index >= 15 is 0 Å². The predicted octanol–water partition coefficient (Wildman–Crippen LogP) is -1.88. The first kappa shape index (κ1) is 24.4. The first-order valence-corrected chi connectivity index (χ1v) is 14.0. The number of imidazole rings is 1. The van der Waals surface area contributed by atoms with E-state index < -0.39 is 59.7 Å². The van der Waals surface area contributed by atoms with Crippen LogP contribution in [0.4, 0.5) is 5.82 Å². The molecule has 0 bridgehead atoms. The van der Waals surface area contributed by atoms with Gasteiger partial charge >= 0.3 is 15.2 Å². The fraction of sp³-hybridized carbons (Fsp3) is 0.545. The van der Waals surface area contributed by atoms with Crippen LogP contribution in [-0.2, 0) is 27.3 Å². The van der Waals surface area contributed by atoms with Crippen molar-refractivity contribution < 1.29 is 52.2 Å². The van der Waals surface area contributed by atoms with Crippen molar-refractivity contribution in [2.45, 2.75) is 24.5 Å². The van der Waals surface area contributed by atoms with Crippen molar-refractivity contribution in [1.82, 2.24) is 19.5 Å². The first-order chi connectivity index (χ1) is 14.2. The van der Waals surface area contributed by atoms with Gasteiger partial charge in [0, 0.05) is 0 Å². The predicted molar refractivity (Wildman–Crippen MR) is 106 cm³/mol. The standard InChI is InChI=1S/C11H19BN5O11P3/c12-31(25,28-30(23,24)4-29(20,21)22)26-1-5-7(18)8(19)11(27-5)17-3-16-6-9(13)14-2-15-10(6)17/h2-3,5,7-8,11,18-19H,1,4,12H2,(H,23,24)(H2,13,14,15)(H2,20,21,22)/t5-,7?,8?,11-,31?/m1/s1. The molecule has 172 valence electrons. The van der Waals surface area contributed by atoms with Crippen LogP contribution in [0.5, 0.6) is 0 Å². The zero-order chi connectivity index (χ0) is 23.2. The SMILES string of the molecule is BP(=O)(OC[C@H]1O[C@@H](n2cnc3c(N)ncnc32)C(O)C1O)OP(=O)(O)CP(=O)(O)O. The molecule has 16 nitrogen and oxygen atoms in total. The van der Waals surface area contributed by atoms with E-state index in [1.165, 1.54) is 17.2 Å². The van der Waals surface area contributed by atoms with Gasteiger partial charge in [0.05, 0.1) is 12.9 Å². The van der Waals surface area contributed by atoms with Gasteiger partial charge in [-0.15, -0.1) is 0 Å². The summed E-state index contributed by atoms with van der Waals surface area (Å²) >= 11 is 0. The zero-order valence-corrected chi connectivity index (χ0v) is 18.5. The van der Waals surface area contributed by atoms with E-state index in [0.717, 1.165) is 7.57 Å². The Kier molecular flexibility index (Phi) is 6.79. The largest absolute Gasteiger partial charge is 0.387 e. The van der Waals surface area contributed by atoms with Gasteiger partial charge in [-0.1, -0.05) is 0 Å². The number of hydrogen-bond donors (Lipinski definition) is 6. The number of nitrogen functional groups attached to an aromatic ring is 1. The summed E-state index contributed by atoms with van der Waals surface area (Å²) < 4.78 is 51.1. The van der Waals surface area contributed by atoms with E-state index in [4.69, 9.17) is 24.8 Å². The van der Waals surface area contributed by atoms with E-state index in [-0.39, 0.29) is 17.0 Å². The van der Waals surface area contributed by atoms with Crippen LogP contribution < -0.4 is 5.73 Å². The molecule has 0 amide bonds. The highest BCUT2D eigenvalue weighted by Gasteiger charge is 2.45. The van der Waals surface area contributed by atoms with Gasteiger partial charge < -0.3 is 39.9 Å². The Balaban J connectivity index is 1.69. The second kappa shape index (κ2) is 8.62. The maximum absolute atomic E-state index is 12.3. The monoisotopic (exact) mass is 501 g/mol. The molecule has 20 heteroatoms. The van der Waals surface area contributed by atoms with E-state index in [2.05, 4.69) is 19.3 Å². The number of nitrogens with two attached hydrogens (primary N) is 1. The van der Waals surface area contributed by atoms with Gasteiger partial charge in [0.25, 0.3) is 15.0 Å². The van der Waals surface area contributed by atoms with E-state index in [9.17, 15) is 28.8 Å². The summed E-state index contributed by atoms with van der Waals surface area (Å²) in [7, 11) is -13.4. The molecule has 0 spiro atoms. The molecule has 3 rings (SSSR count). The van der Waals surface area contributed by atoms with Crippen molar-refractivity contribution >= 4 is 47.2 Å². The second-order valence-corrected chi connectivity index (χ2v) is 12.9.